The van der Waals surface area contributed by atoms with E-state index in [1.165, 1.54) is 0 Å². The SMILES string of the molecule is COc1ccc(C2=NC(CC(=O)Cc3ccccc3)CCCC2)cc1OC. The van der Waals surface area contributed by atoms with Crippen LogP contribution >= 0.6 is 0 Å². The van der Waals surface area contributed by atoms with Crippen LogP contribution in [-0.2, 0) is 11.2 Å². The van der Waals surface area contributed by atoms with E-state index in [0.717, 1.165) is 42.5 Å². The molecular weight excluding hydrogens is 338 g/mol. The predicted molar refractivity (Wildman–Crippen MR) is 108 cm³/mol. The number of ether oxygens (including phenoxy) is 2. The molecule has 0 aliphatic carbocycles. The normalized spacial score (nSPS) is 17.0. The molecule has 1 aliphatic heterocycles. The molecular formula is C23H27NO3. The van der Waals surface area contributed by atoms with Crippen molar-refractivity contribution < 1.29 is 14.3 Å². The molecule has 0 bridgehead atoms. The van der Waals surface area contributed by atoms with E-state index < -0.39 is 0 Å². The topological polar surface area (TPSA) is 47.9 Å². The van der Waals surface area contributed by atoms with Gasteiger partial charge in [0.05, 0.1) is 20.3 Å². The Balaban J connectivity index is 1.74. The molecule has 1 aliphatic rings. The van der Waals surface area contributed by atoms with Crippen molar-refractivity contribution in [2.75, 3.05) is 14.2 Å². The minimum absolute atomic E-state index is 0.0619. The smallest absolute Gasteiger partial charge is 0.161 e. The van der Waals surface area contributed by atoms with Crippen molar-refractivity contribution in [3.05, 3.63) is 59.7 Å². The summed E-state index contributed by atoms with van der Waals surface area (Å²) in [6, 6.07) is 15.9. The van der Waals surface area contributed by atoms with Gasteiger partial charge in [0.15, 0.2) is 11.5 Å². The molecule has 27 heavy (non-hydrogen) atoms. The molecule has 0 fully saturated rings. The van der Waals surface area contributed by atoms with Gasteiger partial charge < -0.3 is 9.47 Å². The van der Waals surface area contributed by atoms with E-state index in [1.807, 2.05) is 48.5 Å². The lowest BCUT2D eigenvalue weighted by atomic mass is 10.0. The van der Waals surface area contributed by atoms with Crippen LogP contribution in [0.3, 0.4) is 0 Å². The van der Waals surface area contributed by atoms with Gasteiger partial charge in [-0.3, -0.25) is 9.79 Å². The number of hydrogen-bond donors (Lipinski definition) is 0. The Morgan fingerprint density at radius 3 is 2.56 bits per heavy atom. The third kappa shape index (κ3) is 5.19. The van der Waals surface area contributed by atoms with Crippen molar-refractivity contribution in [3.8, 4) is 11.5 Å². The summed E-state index contributed by atoms with van der Waals surface area (Å²) < 4.78 is 10.7. The highest BCUT2D eigenvalue weighted by atomic mass is 16.5. The van der Waals surface area contributed by atoms with Crippen LogP contribution in [0.2, 0.25) is 0 Å². The summed E-state index contributed by atoms with van der Waals surface area (Å²) in [5.74, 6) is 1.67. The summed E-state index contributed by atoms with van der Waals surface area (Å²) in [4.78, 5) is 17.5. The minimum atomic E-state index is 0.0619. The van der Waals surface area contributed by atoms with Crippen molar-refractivity contribution in [2.45, 2.75) is 44.6 Å². The van der Waals surface area contributed by atoms with Gasteiger partial charge >= 0.3 is 0 Å². The molecule has 0 spiro atoms. The number of hydrogen-bond acceptors (Lipinski definition) is 4. The maximum Gasteiger partial charge on any atom is 0.161 e. The molecule has 0 N–H and O–H groups in total. The molecule has 142 valence electrons. The van der Waals surface area contributed by atoms with Crippen LogP contribution in [0.1, 0.15) is 43.2 Å². The minimum Gasteiger partial charge on any atom is -0.493 e. The third-order valence-electron chi connectivity index (χ3n) is 4.96. The number of ketones is 1. The van der Waals surface area contributed by atoms with E-state index in [4.69, 9.17) is 14.5 Å². The maximum atomic E-state index is 12.5. The fraction of sp³-hybridized carbons (Fsp3) is 0.391. The van der Waals surface area contributed by atoms with Gasteiger partial charge in [-0.25, -0.2) is 0 Å². The van der Waals surface area contributed by atoms with Crippen LogP contribution in [0.15, 0.2) is 53.5 Å². The van der Waals surface area contributed by atoms with E-state index in [2.05, 4.69) is 0 Å². The van der Waals surface area contributed by atoms with Gasteiger partial charge in [0.2, 0.25) is 0 Å². The molecule has 0 saturated heterocycles. The van der Waals surface area contributed by atoms with E-state index in [9.17, 15) is 4.79 Å². The van der Waals surface area contributed by atoms with Crippen LogP contribution in [0.25, 0.3) is 0 Å². The summed E-state index contributed by atoms with van der Waals surface area (Å²) in [6.45, 7) is 0. The molecule has 0 radical (unpaired) electrons. The van der Waals surface area contributed by atoms with E-state index >= 15 is 0 Å². The second-order valence-corrected chi connectivity index (χ2v) is 6.95. The van der Waals surface area contributed by atoms with Crippen molar-refractivity contribution in [2.24, 2.45) is 4.99 Å². The van der Waals surface area contributed by atoms with Gasteiger partial charge in [-0.05, 0) is 48.6 Å². The summed E-state index contributed by atoms with van der Waals surface area (Å²) in [7, 11) is 3.27. The number of carbonyl (C=O) groups excluding carboxylic acids is 1. The van der Waals surface area contributed by atoms with Crippen LogP contribution in [0.5, 0.6) is 11.5 Å². The molecule has 1 unspecified atom stereocenters. The van der Waals surface area contributed by atoms with Crippen LogP contribution in [0, 0.1) is 0 Å². The molecule has 1 heterocycles. The number of carbonyl (C=O) groups is 1. The quantitative estimate of drug-likeness (QED) is 0.718. The van der Waals surface area contributed by atoms with Gasteiger partial charge in [0.25, 0.3) is 0 Å². The Bertz CT molecular complexity index is 799. The maximum absolute atomic E-state index is 12.5. The highest BCUT2D eigenvalue weighted by Gasteiger charge is 2.19. The Labute approximate surface area is 161 Å². The first-order chi connectivity index (χ1) is 13.2. The highest BCUT2D eigenvalue weighted by molar-refractivity contribution is 6.01. The zero-order valence-corrected chi connectivity index (χ0v) is 16.1. The monoisotopic (exact) mass is 365 g/mol. The van der Waals surface area contributed by atoms with Gasteiger partial charge in [0, 0.05) is 18.6 Å². The molecule has 1 atom stereocenters. The molecule has 4 nitrogen and oxygen atoms in total. The number of nitrogens with zero attached hydrogens (tertiary/aromatic N) is 1. The standard InChI is InChI=1S/C23H27NO3/c1-26-22-13-12-18(15-23(22)27-2)21-11-7-6-10-19(24-21)16-20(25)14-17-8-4-3-5-9-17/h3-5,8-9,12-13,15,19H,6-7,10-11,14,16H2,1-2H3. The van der Waals surface area contributed by atoms with Gasteiger partial charge in [-0.1, -0.05) is 36.8 Å². The Kier molecular flexibility index (Phi) is 6.64. The van der Waals surface area contributed by atoms with Crippen molar-refractivity contribution >= 4 is 11.5 Å². The lowest BCUT2D eigenvalue weighted by Gasteiger charge is -2.13. The molecule has 2 aromatic rings. The molecule has 0 aromatic heterocycles. The lowest BCUT2D eigenvalue weighted by Crippen LogP contribution is -2.15. The number of Topliss-reactive ketones (excluding diaryl/α,β-unsaturated/α-hetero) is 1. The first-order valence-corrected chi connectivity index (χ1v) is 9.54. The largest absolute Gasteiger partial charge is 0.493 e. The van der Waals surface area contributed by atoms with Crippen molar-refractivity contribution in [1.29, 1.82) is 0 Å². The zero-order chi connectivity index (χ0) is 19.1. The second kappa shape index (κ2) is 9.36. The summed E-state index contributed by atoms with van der Waals surface area (Å²) in [5, 5.41) is 0. The first-order valence-electron chi connectivity index (χ1n) is 9.54. The molecule has 4 heteroatoms. The number of rotatable bonds is 7. The highest BCUT2D eigenvalue weighted by Crippen LogP contribution is 2.29. The Hall–Kier alpha value is -2.62. The number of methoxy groups -OCH3 is 2. The van der Waals surface area contributed by atoms with Gasteiger partial charge in [-0.2, -0.15) is 0 Å². The zero-order valence-electron chi connectivity index (χ0n) is 16.1. The number of benzene rings is 2. The average molecular weight is 365 g/mol. The van der Waals surface area contributed by atoms with Crippen LogP contribution < -0.4 is 9.47 Å². The summed E-state index contributed by atoms with van der Waals surface area (Å²) in [5.41, 5.74) is 3.18. The summed E-state index contributed by atoms with van der Waals surface area (Å²) in [6.07, 6.45) is 5.08. The van der Waals surface area contributed by atoms with Crippen molar-refractivity contribution in [1.82, 2.24) is 0 Å². The molecule has 0 amide bonds. The lowest BCUT2D eigenvalue weighted by molar-refractivity contribution is -0.118. The molecule has 0 saturated carbocycles. The van der Waals surface area contributed by atoms with Crippen molar-refractivity contribution in [3.63, 3.8) is 0 Å². The fourth-order valence-corrected chi connectivity index (χ4v) is 3.56. The van der Waals surface area contributed by atoms with Gasteiger partial charge in [-0.15, -0.1) is 0 Å². The third-order valence-corrected chi connectivity index (χ3v) is 4.96. The summed E-state index contributed by atoms with van der Waals surface area (Å²) >= 11 is 0. The molecule has 2 aromatic carbocycles. The second-order valence-electron chi connectivity index (χ2n) is 6.95. The first kappa shape index (κ1) is 19.2. The van der Waals surface area contributed by atoms with E-state index in [1.54, 1.807) is 14.2 Å². The average Bonchev–Trinajstić information content (AvgIpc) is 2.93. The van der Waals surface area contributed by atoms with Crippen LogP contribution in [0.4, 0.5) is 0 Å². The van der Waals surface area contributed by atoms with Gasteiger partial charge in [0.1, 0.15) is 5.78 Å². The number of aliphatic imine (C=N–C) groups is 1. The Morgan fingerprint density at radius 2 is 1.81 bits per heavy atom. The predicted octanol–water partition coefficient (Wildman–Crippen LogP) is 4.64. The Morgan fingerprint density at radius 1 is 1.04 bits per heavy atom. The molecule has 3 rings (SSSR count). The van der Waals surface area contributed by atoms with E-state index in [-0.39, 0.29) is 11.8 Å². The fourth-order valence-electron chi connectivity index (χ4n) is 3.56. The van der Waals surface area contributed by atoms with Crippen LogP contribution in [-0.4, -0.2) is 31.8 Å². The van der Waals surface area contributed by atoms with E-state index in [0.29, 0.717) is 24.3 Å².